The van der Waals surface area contributed by atoms with Gasteiger partial charge in [0.25, 0.3) is 0 Å². The van der Waals surface area contributed by atoms with Crippen molar-refractivity contribution in [2.45, 2.75) is 6.92 Å². The van der Waals surface area contributed by atoms with E-state index in [2.05, 4.69) is 6.58 Å². The summed E-state index contributed by atoms with van der Waals surface area (Å²) < 4.78 is 0. The van der Waals surface area contributed by atoms with E-state index < -0.39 is 0 Å². The van der Waals surface area contributed by atoms with Crippen molar-refractivity contribution < 1.29 is 0 Å². The Bertz CT molecular complexity index is 85.9. The molecule has 3 N–H and O–H groups in total. The molecule has 0 fully saturated rings. The Morgan fingerprint density at radius 1 is 1.86 bits per heavy atom. The molecule has 0 aliphatic heterocycles. The third kappa shape index (κ3) is 5.56. The van der Waals surface area contributed by atoms with E-state index in [9.17, 15) is 0 Å². The largest absolute Gasteiger partial charge is 0.378 e. The van der Waals surface area contributed by atoms with E-state index in [0.717, 1.165) is 4.91 Å². The Morgan fingerprint density at radius 3 is 2.29 bits per heavy atom. The predicted molar refractivity (Wildman–Crippen MR) is 34.3 cm³/mol. The first-order valence-electron chi connectivity index (χ1n) is 1.80. The predicted octanol–water partition coefficient (Wildman–Crippen LogP) is 1.15. The summed E-state index contributed by atoms with van der Waals surface area (Å²) in [6, 6.07) is 0. The molecule has 0 aromatic carbocycles. The van der Waals surface area contributed by atoms with Crippen molar-refractivity contribution in [2.24, 2.45) is 5.73 Å². The van der Waals surface area contributed by atoms with E-state index in [4.69, 9.17) is 11.1 Å². The number of nitrogens with two attached hydrogens (primary N) is 1. The molecule has 0 bridgehead atoms. The monoisotopic (exact) mass is 116 g/mol. The summed E-state index contributed by atoms with van der Waals surface area (Å²) in [5, 5.41) is 6.81. The zero-order valence-electron chi connectivity index (χ0n) is 4.19. The van der Waals surface area contributed by atoms with Gasteiger partial charge in [-0.05, 0) is 11.8 Å². The van der Waals surface area contributed by atoms with Gasteiger partial charge in [0.1, 0.15) is 0 Å². The number of rotatable bonds is 1. The molecule has 0 aromatic heterocycles. The summed E-state index contributed by atoms with van der Waals surface area (Å²) in [6.07, 6.45) is 0. The standard InChI is InChI=1S/C4H8N2S/c1-3(2)7-4(5)6/h1H2,2H3,(H3,5,6). The Kier molecular flexibility index (Phi) is 2.52. The van der Waals surface area contributed by atoms with Gasteiger partial charge in [-0.3, -0.25) is 5.41 Å². The summed E-state index contributed by atoms with van der Waals surface area (Å²) in [5.41, 5.74) is 4.98. The van der Waals surface area contributed by atoms with Crippen LogP contribution in [0, 0.1) is 5.41 Å². The summed E-state index contributed by atoms with van der Waals surface area (Å²) in [5.74, 6) is 0. The average molecular weight is 116 g/mol. The van der Waals surface area contributed by atoms with Crippen LogP contribution in [0.1, 0.15) is 6.92 Å². The molecule has 0 rings (SSSR count). The second-order valence-corrected chi connectivity index (χ2v) is 2.51. The number of allylic oxidation sites excluding steroid dienone is 1. The van der Waals surface area contributed by atoms with Crippen LogP contribution in [-0.4, -0.2) is 5.17 Å². The third-order valence-electron chi connectivity index (χ3n) is 0.284. The summed E-state index contributed by atoms with van der Waals surface area (Å²) in [7, 11) is 0. The highest BCUT2D eigenvalue weighted by atomic mass is 32.2. The highest BCUT2D eigenvalue weighted by Crippen LogP contribution is 2.08. The normalized spacial score (nSPS) is 8.14. The number of nitrogens with one attached hydrogen (secondary N) is 1. The van der Waals surface area contributed by atoms with Gasteiger partial charge in [0.2, 0.25) is 0 Å². The van der Waals surface area contributed by atoms with Crippen LogP contribution in [0.3, 0.4) is 0 Å². The topological polar surface area (TPSA) is 49.9 Å². The number of thioether (sulfide) groups is 1. The van der Waals surface area contributed by atoms with Crippen molar-refractivity contribution in [1.82, 2.24) is 0 Å². The molecule has 0 aliphatic carbocycles. The molecular formula is C4H8N2S. The van der Waals surface area contributed by atoms with Gasteiger partial charge < -0.3 is 5.73 Å². The molecule has 0 saturated carbocycles. The van der Waals surface area contributed by atoms with Gasteiger partial charge in [0.05, 0.1) is 0 Å². The fourth-order valence-electron chi connectivity index (χ4n) is 0.188. The zero-order valence-corrected chi connectivity index (χ0v) is 5.01. The second-order valence-electron chi connectivity index (χ2n) is 1.17. The third-order valence-corrected chi connectivity index (χ3v) is 0.853. The Balaban J connectivity index is 3.32. The molecule has 0 amide bonds. The lowest BCUT2D eigenvalue weighted by Crippen LogP contribution is -2.02. The Hall–Kier alpha value is -0.440. The van der Waals surface area contributed by atoms with Crippen LogP contribution >= 0.6 is 11.8 Å². The van der Waals surface area contributed by atoms with Gasteiger partial charge in [-0.25, -0.2) is 0 Å². The van der Waals surface area contributed by atoms with E-state index in [1.807, 2.05) is 6.92 Å². The molecule has 0 unspecified atom stereocenters. The van der Waals surface area contributed by atoms with Crippen molar-refractivity contribution in [3.05, 3.63) is 11.5 Å². The average Bonchev–Trinajstić information content (AvgIpc) is 1.27. The van der Waals surface area contributed by atoms with Crippen LogP contribution in [0.5, 0.6) is 0 Å². The molecule has 2 nitrogen and oxygen atoms in total. The molecule has 7 heavy (non-hydrogen) atoms. The first kappa shape index (κ1) is 6.56. The minimum Gasteiger partial charge on any atom is -0.378 e. The van der Waals surface area contributed by atoms with Crippen LogP contribution in [0.15, 0.2) is 11.5 Å². The van der Waals surface area contributed by atoms with E-state index >= 15 is 0 Å². The van der Waals surface area contributed by atoms with E-state index in [0.29, 0.717) is 0 Å². The van der Waals surface area contributed by atoms with Crippen molar-refractivity contribution in [3.63, 3.8) is 0 Å². The molecule has 40 valence electrons. The van der Waals surface area contributed by atoms with Crippen molar-refractivity contribution in [2.75, 3.05) is 0 Å². The van der Waals surface area contributed by atoms with Gasteiger partial charge in [-0.2, -0.15) is 0 Å². The SMILES string of the molecule is C=C(C)SC(=N)N. The second kappa shape index (κ2) is 2.69. The van der Waals surface area contributed by atoms with E-state index in [-0.39, 0.29) is 5.17 Å². The fraction of sp³-hybridized carbons (Fsp3) is 0.250. The van der Waals surface area contributed by atoms with Gasteiger partial charge in [-0.1, -0.05) is 18.3 Å². The highest BCUT2D eigenvalue weighted by Gasteiger charge is 1.85. The molecule has 0 radical (unpaired) electrons. The van der Waals surface area contributed by atoms with Crippen LogP contribution in [0.25, 0.3) is 0 Å². The number of hydrogen-bond acceptors (Lipinski definition) is 2. The molecule has 0 saturated heterocycles. The molecule has 0 aliphatic rings. The zero-order chi connectivity index (χ0) is 5.86. The van der Waals surface area contributed by atoms with Crippen LogP contribution in [0.2, 0.25) is 0 Å². The first-order valence-corrected chi connectivity index (χ1v) is 2.62. The fourth-order valence-corrected chi connectivity index (χ4v) is 0.563. The molecule has 0 heterocycles. The minimum atomic E-state index is 0.104. The lowest BCUT2D eigenvalue weighted by atomic mass is 10.8. The lowest BCUT2D eigenvalue weighted by molar-refractivity contribution is 1.50. The maximum atomic E-state index is 6.70. The Morgan fingerprint density at radius 2 is 2.29 bits per heavy atom. The van der Waals surface area contributed by atoms with Gasteiger partial charge in [-0.15, -0.1) is 0 Å². The Labute approximate surface area is 47.3 Å². The molecular weight excluding hydrogens is 108 g/mol. The summed E-state index contributed by atoms with van der Waals surface area (Å²) >= 11 is 1.18. The molecule has 3 heteroatoms. The van der Waals surface area contributed by atoms with Gasteiger partial charge >= 0.3 is 0 Å². The first-order chi connectivity index (χ1) is 3.13. The number of hydrogen-bond donors (Lipinski definition) is 2. The van der Waals surface area contributed by atoms with Crippen LogP contribution in [0.4, 0.5) is 0 Å². The quantitative estimate of drug-likeness (QED) is 0.399. The lowest BCUT2D eigenvalue weighted by Gasteiger charge is -1.90. The van der Waals surface area contributed by atoms with Gasteiger partial charge in [0.15, 0.2) is 5.17 Å². The molecule has 0 atom stereocenters. The number of amidine groups is 1. The minimum absolute atomic E-state index is 0.104. The smallest absolute Gasteiger partial charge is 0.155 e. The highest BCUT2D eigenvalue weighted by molar-refractivity contribution is 8.16. The van der Waals surface area contributed by atoms with E-state index in [1.165, 1.54) is 11.8 Å². The van der Waals surface area contributed by atoms with Crippen LogP contribution < -0.4 is 5.73 Å². The summed E-state index contributed by atoms with van der Waals surface area (Å²) in [6.45, 7) is 5.35. The van der Waals surface area contributed by atoms with Gasteiger partial charge in [0, 0.05) is 0 Å². The van der Waals surface area contributed by atoms with Crippen molar-refractivity contribution in [1.29, 1.82) is 5.41 Å². The molecule has 0 spiro atoms. The van der Waals surface area contributed by atoms with Crippen LogP contribution in [-0.2, 0) is 0 Å². The maximum absolute atomic E-state index is 6.70. The summed E-state index contributed by atoms with van der Waals surface area (Å²) in [4.78, 5) is 0.854. The van der Waals surface area contributed by atoms with E-state index in [1.54, 1.807) is 0 Å². The maximum Gasteiger partial charge on any atom is 0.155 e. The van der Waals surface area contributed by atoms with Crippen molar-refractivity contribution >= 4 is 16.9 Å². The molecule has 0 aromatic rings. The van der Waals surface area contributed by atoms with Crippen molar-refractivity contribution in [3.8, 4) is 0 Å².